The molecular weight excluding hydrogens is 274 g/mol. The molecule has 5 nitrogen and oxygen atoms in total. The zero-order valence-electron chi connectivity index (χ0n) is 12.4. The maximum absolute atomic E-state index is 4.16. The minimum Gasteiger partial charge on any atom is -0.358 e. The molecule has 1 aromatic heterocycles. The number of rotatable bonds is 3. The first-order valence-corrected chi connectivity index (χ1v) is 7.89. The van der Waals surface area contributed by atoms with Crippen LogP contribution in [0.3, 0.4) is 0 Å². The van der Waals surface area contributed by atoms with Gasteiger partial charge in [0.1, 0.15) is 0 Å². The number of nitrogens with one attached hydrogen (secondary N) is 2. The number of nitrogens with zero attached hydrogens (tertiary/aromatic N) is 3. The average Bonchev–Trinajstić information content (AvgIpc) is 3.10. The van der Waals surface area contributed by atoms with E-state index in [-0.39, 0.29) is 5.92 Å². The van der Waals surface area contributed by atoms with Crippen molar-refractivity contribution in [3.8, 4) is 0 Å². The lowest BCUT2D eigenvalue weighted by Gasteiger charge is -2.24. The van der Waals surface area contributed by atoms with Crippen molar-refractivity contribution in [2.24, 2.45) is 0 Å². The van der Waals surface area contributed by atoms with E-state index < -0.39 is 0 Å². The summed E-state index contributed by atoms with van der Waals surface area (Å²) in [7, 11) is 0. The van der Waals surface area contributed by atoms with Crippen LogP contribution in [0.4, 0.5) is 5.69 Å². The minimum absolute atomic E-state index is 0.142. The Bertz CT molecular complexity index is 715. The standard InChI is InChI=1S/C17H19N5/c1-2-8-13-12(6-1)7-5-11-15(13)18-16-10-4-3-9-14(16)17-19-21-22-20-17/h3-5,7,10-11,14,18H,1-2,6,8-9H2,(H,19,20,21,22). The van der Waals surface area contributed by atoms with E-state index in [9.17, 15) is 0 Å². The van der Waals surface area contributed by atoms with Gasteiger partial charge in [0, 0.05) is 11.4 Å². The van der Waals surface area contributed by atoms with Crippen LogP contribution in [0, 0.1) is 0 Å². The fourth-order valence-corrected chi connectivity index (χ4v) is 3.37. The highest BCUT2D eigenvalue weighted by atomic mass is 15.5. The maximum atomic E-state index is 4.16. The third-order valence-corrected chi connectivity index (χ3v) is 4.51. The van der Waals surface area contributed by atoms with Crippen LogP contribution in [0.5, 0.6) is 0 Å². The fourth-order valence-electron chi connectivity index (χ4n) is 3.37. The van der Waals surface area contributed by atoms with Crippen LogP contribution in [-0.4, -0.2) is 20.6 Å². The van der Waals surface area contributed by atoms with Gasteiger partial charge in [0.2, 0.25) is 0 Å². The predicted molar refractivity (Wildman–Crippen MR) is 85.5 cm³/mol. The number of hydrogen-bond acceptors (Lipinski definition) is 4. The number of hydrogen-bond donors (Lipinski definition) is 2. The summed E-state index contributed by atoms with van der Waals surface area (Å²) in [6.07, 6.45) is 12.2. The van der Waals surface area contributed by atoms with Crippen molar-refractivity contribution in [2.45, 2.75) is 38.0 Å². The molecule has 4 rings (SSSR count). The number of aromatic amines is 1. The van der Waals surface area contributed by atoms with Crippen molar-refractivity contribution in [1.29, 1.82) is 0 Å². The third kappa shape index (κ3) is 2.43. The summed E-state index contributed by atoms with van der Waals surface area (Å²) in [5, 5.41) is 18.2. The van der Waals surface area contributed by atoms with Gasteiger partial charge in [-0.05, 0) is 55.4 Å². The summed E-state index contributed by atoms with van der Waals surface area (Å²) >= 11 is 0. The molecular formula is C17H19N5. The Morgan fingerprint density at radius 3 is 3.05 bits per heavy atom. The van der Waals surface area contributed by atoms with Gasteiger partial charge in [0.25, 0.3) is 0 Å². The van der Waals surface area contributed by atoms with Crippen LogP contribution in [-0.2, 0) is 12.8 Å². The summed E-state index contributed by atoms with van der Waals surface area (Å²) in [4.78, 5) is 0. The van der Waals surface area contributed by atoms with E-state index in [0.717, 1.165) is 24.4 Å². The van der Waals surface area contributed by atoms with Gasteiger partial charge >= 0.3 is 0 Å². The fraction of sp³-hybridized carbons (Fsp3) is 0.353. The molecule has 1 atom stereocenters. The second-order valence-electron chi connectivity index (χ2n) is 5.88. The molecule has 2 N–H and O–H groups in total. The SMILES string of the molecule is C1=CCC(c2nn[nH]n2)C(Nc2cccc3c2CCCC3)=C1. The molecule has 0 spiro atoms. The number of anilines is 1. The van der Waals surface area contributed by atoms with Gasteiger partial charge < -0.3 is 5.32 Å². The highest BCUT2D eigenvalue weighted by Crippen LogP contribution is 2.33. The molecule has 2 aliphatic carbocycles. The van der Waals surface area contributed by atoms with E-state index in [4.69, 9.17) is 0 Å². The molecule has 2 aromatic rings. The first-order valence-electron chi connectivity index (χ1n) is 7.89. The Morgan fingerprint density at radius 1 is 1.18 bits per heavy atom. The van der Waals surface area contributed by atoms with Gasteiger partial charge in [0.15, 0.2) is 5.82 Å². The van der Waals surface area contributed by atoms with Gasteiger partial charge in [-0.1, -0.05) is 29.5 Å². The van der Waals surface area contributed by atoms with Gasteiger partial charge in [-0.15, -0.1) is 10.2 Å². The van der Waals surface area contributed by atoms with E-state index in [1.54, 1.807) is 0 Å². The number of fused-ring (bicyclic) bond motifs is 1. The smallest absolute Gasteiger partial charge is 0.183 e. The molecule has 0 radical (unpaired) electrons. The quantitative estimate of drug-likeness (QED) is 0.912. The number of tetrazole rings is 1. The van der Waals surface area contributed by atoms with Crippen LogP contribution in [0.15, 0.2) is 42.1 Å². The topological polar surface area (TPSA) is 66.5 Å². The Morgan fingerprint density at radius 2 is 2.14 bits per heavy atom. The zero-order chi connectivity index (χ0) is 14.8. The average molecular weight is 293 g/mol. The molecule has 0 amide bonds. The molecule has 22 heavy (non-hydrogen) atoms. The Kier molecular flexibility index (Phi) is 3.46. The number of benzene rings is 1. The summed E-state index contributed by atoms with van der Waals surface area (Å²) in [6, 6.07) is 6.58. The summed E-state index contributed by atoms with van der Waals surface area (Å²) in [6.45, 7) is 0. The molecule has 5 heteroatoms. The van der Waals surface area contributed by atoms with E-state index in [1.807, 2.05) is 0 Å². The van der Waals surface area contributed by atoms with Crippen molar-refractivity contribution in [3.63, 3.8) is 0 Å². The first kappa shape index (κ1) is 13.2. The molecule has 0 saturated heterocycles. The van der Waals surface area contributed by atoms with E-state index >= 15 is 0 Å². The Labute approximate surface area is 129 Å². The molecule has 112 valence electrons. The lowest BCUT2D eigenvalue weighted by Crippen LogP contribution is -2.15. The van der Waals surface area contributed by atoms with Crippen LogP contribution >= 0.6 is 0 Å². The third-order valence-electron chi connectivity index (χ3n) is 4.51. The number of allylic oxidation sites excluding steroid dienone is 4. The van der Waals surface area contributed by atoms with Crippen LogP contribution in [0.25, 0.3) is 0 Å². The largest absolute Gasteiger partial charge is 0.358 e. The van der Waals surface area contributed by atoms with Crippen molar-refractivity contribution >= 4 is 5.69 Å². The molecule has 0 bridgehead atoms. The molecule has 2 aliphatic rings. The molecule has 0 aliphatic heterocycles. The molecule has 1 unspecified atom stereocenters. The van der Waals surface area contributed by atoms with Crippen LogP contribution < -0.4 is 5.32 Å². The first-order chi connectivity index (χ1) is 10.9. The monoisotopic (exact) mass is 293 g/mol. The van der Waals surface area contributed by atoms with Gasteiger partial charge in [-0.2, -0.15) is 5.21 Å². The predicted octanol–water partition coefficient (Wildman–Crippen LogP) is 3.12. The minimum atomic E-state index is 0.142. The Hall–Kier alpha value is -2.43. The van der Waals surface area contributed by atoms with Gasteiger partial charge in [-0.25, -0.2) is 0 Å². The van der Waals surface area contributed by atoms with Gasteiger partial charge in [-0.3, -0.25) is 0 Å². The number of aryl methyl sites for hydroxylation is 1. The van der Waals surface area contributed by atoms with Gasteiger partial charge in [0.05, 0.1) is 5.92 Å². The zero-order valence-corrected chi connectivity index (χ0v) is 12.4. The normalized spacial score (nSPS) is 20.4. The highest BCUT2D eigenvalue weighted by Gasteiger charge is 2.23. The molecule has 0 fully saturated rings. The number of aromatic nitrogens is 4. The van der Waals surface area contributed by atoms with Crippen LogP contribution in [0.1, 0.15) is 42.1 Å². The summed E-state index contributed by atoms with van der Waals surface area (Å²) in [5.74, 6) is 0.885. The van der Waals surface area contributed by atoms with Crippen molar-refractivity contribution in [1.82, 2.24) is 20.6 Å². The van der Waals surface area contributed by atoms with E-state index in [1.165, 1.54) is 36.1 Å². The van der Waals surface area contributed by atoms with E-state index in [2.05, 4.69) is 62.4 Å². The Balaban J connectivity index is 1.65. The van der Waals surface area contributed by atoms with E-state index in [0.29, 0.717) is 0 Å². The second kappa shape index (κ2) is 5.75. The lowest BCUT2D eigenvalue weighted by atomic mass is 9.89. The maximum Gasteiger partial charge on any atom is 0.183 e. The van der Waals surface area contributed by atoms with Crippen molar-refractivity contribution in [2.75, 3.05) is 5.32 Å². The molecule has 1 heterocycles. The summed E-state index contributed by atoms with van der Waals surface area (Å²) in [5.41, 5.74) is 5.32. The highest BCUT2D eigenvalue weighted by molar-refractivity contribution is 5.60. The molecule has 0 saturated carbocycles. The van der Waals surface area contributed by atoms with Crippen molar-refractivity contribution < 1.29 is 0 Å². The lowest BCUT2D eigenvalue weighted by molar-refractivity contribution is 0.685. The summed E-state index contributed by atoms with van der Waals surface area (Å²) < 4.78 is 0. The second-order valence-corrected chi connectivity index (χ2v) is 5.88. The van der Waals surface area contributed by atoms with Crippen LogP contribution in [0.2, 0.25) is 0 Å². The number of H-pyrrole nitrogens is 1. The molecule has 1 aromatic carbocycles. The van der Waals surface area contributed by atoms with Crippen molar-refractivity contribution in [3.05, 3.63) is 59.1 Å².